The van der Waals surface area contributed by atoms with Gasteiger partial charge < -0.3 is 9.64 Å². The number of aryl methyl sites for hydroxylation is 1. The highest BCUT2D eigenvalue weighted by Crippen LogP contribution is 2.38. The first-order valence-electron chi connectivity index (χ1n) is 9.93. The molecule has 0 N–H and O–H groups in total. The van der Waals surface area contributed by atoms with E-state index in [1.54, 1.807) is 19.2 Å². The predicted octanol–water partition coefficient (Wildman–Crippen LogP) is 4.62. The number of aromatic nitrogens is 1. The summed E-state index contributed by atoms with van der Waals surface area (Å²) >= 11 is 0. The van der Waals surface area contributed by atoms with Crippen molar-refractivity contribution in [3.63, 3.8) is 0 Å². The highest BCUT2D eigenvalue weighted by Gasteiger charge is 2.29. The fourth-order valence-electron chi connectivity index (χ4n) is 4.03. The first kappa shape index (κ1) is 19.7. The largest absolute Gasteiger partial charge is 0.497 e. The van der Waals surface area contributed by atoms with Gasteiger partial charge in [0.05, 0.1) is 23.2 Å². The number of nitrogens with zero attached hydrogens (tertiary/aromatic N) is 2. The molecule has 0 saturated carbocycles. The van der Waals surface area contributed by atoms with Crippen LogP contribution in [0.1, 0.15) is 25.3 Å². The average molecular weight is 411 g/mol. The number of anilines is 1. The van der Waals surface area contributed by atoms with Crippen molar-refractivity contribution in [1.29, 1.82) is 0 Å². The van der Waals surface area contributed by atoms with Gasteiger partial charge in [0.2, 0.25) is 9.84 Å². The van der Waals surface area contributed by atoms with Gasteiger partial charge in [0, 0.05) is 24.7 Å². The molecule has 0 bridgehead atoms. The van der Waals surface area contributed by atoms with Crippen molar-refractivity contribution in [1.82, 2.24) is 4.98 Å². The Morgan fingerprint density at radius 2 is 1.90 bits per heavy atom. The van der Waals surface area contributed by atoms with Gasteiger partial charge in [-0.3, -0.25) is 4.98 Å². The standard InChI is InChI=1S/C23H26N2O3S/c1-16-6-9-19(10-7-16)29(26,27)22-14-24-21-11-8-18(28-3)13-20(21)23(22)25-12-4-5-17(2)15-25/h6-11,13-14,17H,4-5,12,15H2,1-3H3. The molecule has 4 rings (SSSR count). The van der Waals surface area contributed by atoms with Crippen molar-refractivity contribution in [2.24, 2.45) is 5.92 Å². The number of pyridine rings is 1. The van der Waals surface area contributed by atoms with Gasteiger partial charge in [0.25, 0.3) is 0 Å². The van der Waals surface area contributed by atoms with Crippen molar-refractivity contribution < 1.29 is 13.2 Å². The van der Waals surface area contributed by atoms with Crippen molar-refractivity contribution in [3.8, 4) is 5.75 Å². The summed E-state index contributed by atoms with van der Waals surface area (Å²) in [5.74, 6) is 1.20. The van der Waals surface area contributed by atoms with Crippen LogP contribution in [-0.4, -0.2) is 33.6 Å². The van der Waals surface area contributed by atoms with Crippen LogP contribution in [-0.2, 0) is 9.84 Å². The van der Waals surface area contributed by atoms with E-state index >= 15 is 0 Å². The summed E-state index contributed by atoms with van der Waals surface area (Å²) in [4.78, 5) is 7.24. The van der Waals surface area contributed by atoms with Gasteiger partial charge in [0.15, 0.2) is 0 Å². The van der Waals surface area contributed by atoms with Crippen molar-refractivity contribution >= 4 is 26.4 Å². The first-order valence-corrected chi connectivity index (χ1v) is 11.4. The SMILES string of the molecule is COc1ccc2ncc(S(=O)(=O)c3ccc(C)cc3)c(N3CCCC(C)C3)c2c1. The van der Waals surface area contributed by atoms with Gasteiger partial charge in [-0.2, -0.15) is 0 Å². The highest BCUT2D eigenvalue weighted by molar-refractivity contribution is 7.91. The van der Waals surface area contributed by atoms with Crippen molar-refractivity contribution in [2.45, 2.75) is 36.5 Å². The second kappa shape index (κ2) is 7.67. The number of hydrogen-bond acceptors (Lipinski definition) is 5. The topological polar surface area (TPSA) is 59.5 Å². The molecule has 2 aromatic carbocycles. The summed E-state index contributed by atoms with van der Waals surface area (Å²) in [6, 6.07) is 12.6. The summed E-state index contributed by atoms with van der Waals surface area (Å²) in [7, 11) is -2.09. The number of piperidine rings is 1. The van der Waals surface area contributed by atoms with Crippen molar-refractivity contribution in [3.05, 3.63) is 54.2 Å². The number of benzene rings is 2. The molecule has 3 aromatic rings. The van der Waals surface area contributed by atoms with E-state index in [1.165, 1.54) is 6.20 Å². The van der Waals surface area contributed by atoms with Crippen LogP contribution in [0.15, 0.2) is 58.5 Å². The van der Waals surface area contributed by atoms with Crippen LogP contribution in [0.2, 0.25) is 0 Å². The Hall–Kier alpha value is -2.60. The molecular weight excluding hydrogens is 384 g/mol. The molecule has 2 heterocycles. The molecule has 0 spiro atoms. The Morgan fingerprint density at radius 1 is 1.14 bits per heavy atom. The maximum Gasteiger partial charge on any atom is 0.210 e. The lowest BCUT2D eigenvalue weighted by molar-refractivity contribution is 0.415. The minimum absolute atomic E-state index is 0.260. The lowest BCUT2D eigenvalue weighted by Gasteiger charge is -2.34. The van der Waals surface area contributed by atoms with Gasteiger partial charge in [-0.25, -0.2) is 8.42 Å². The maximum atomic E-state index is 13.6. The number of fused-ring (bicyclic) bond motifs is 1. The van der Waals surface area contributed by atoms with Crippen LogP contribution >= 0.6 is 0 Å². The van der Waals surface area contributed by atoms with E-state index in [9.17, 15) is 8.42 Å². The second-order valence-electron chi connectivity index (χ2n) is 7.86. The molecule has 1 saturated heterocycles. The number of ether oxygens (including phenoxy) is 1. The van der Waals surface area contributed by atoms with E-state index in [1.807, 2.05) is 37.3 Å². The van der Waals surface area contributed by atoms with Crippen LogP contribution in [0.3, 0.4) is 0 Å². The Bertz CT molecular complexity index is 1140. The van der Waals surface area contributed by atoms with E-state index in [0.717, 1.165) is 48.1 Å². The normalized spacial score (nSPS) is 17.5. The Labute approximate surface area is 172 Å². The van der Waals surface area contributed by atoms with Gasteiger partial charge in [-0.05, 0) is 56.0 Å². The molecule has 0 amide bonds. The summed E-state index contributed by atoms with van der Waals surface area (Å²) in [6.45, 7) is 5.81. The zero-order valence-electron chi connectivity index (χ0n) is 17.1. The third-order valence-corrected chi connectivity index (χ3v) is 7.38. The smallest absolute Gasteiger partial charge is 0.210 e. The monoisotopic (exact) mass is 410 g/mol. The summed E-state index contributed by atoms with van der Waals surface area (Å²) < 4.78 is 32.6. The molecule has 5 nitrogen and oxygen atoms in total. The number of sulfone groups is 1. The molecule has 1 aliphatic heterocycles. The molecule has 1 unspecified atom stereocenters. The van der Waals surface area contributed by atoms with Gasteiger partial charge in [-0.1, -0.05) is 24.6 Å². The summed E-state index contributed by atoms with van der Waals surface area (Å²) in [5, 5.41) is 0.812. The highest BCUT2D eigenvalue weighted by atomic mass is 32.2. The number of methoxy groups -OCH3 is 1. The Kier molecular flexibility index (Phi) is 5.21. The van der Waals surface area contributed by atoms with Gasteiger partial charge in [-0.15, -0.1) is 0 Å². The van der Waals surface area contributed by atoms with Crippen molar-refractivity contribution in [2.75, 3.05) is 25.1 Å². The van der Waals surface area contributed by atoms with Crippen LogP contribution in [0.4, 0.5) is 5.69 Å². The molecule has 1 atom stereocenters. The summed E-state index contributed by atoms with van der Waals surface area (Å²) in [6.07, 6.45) is 3.71. The predicted molar refractivity (Wildman–Crippen MR) is 116 cm³/mol. The second-order valence-corrected chi connectivity index (χ2v) is 9.78. The fourth-order valence-corrected chi connectivity index (χ4v) is 5.46. The molecule has 6 heteroatoms. The fraction of sp³-hybridized carbons (Fsp3) is 0.348. The number of hydrogen-bond donors (Lipinski definition) is 0. The Morgan fingerprint density at radius 3 is 2.59 bits per heavy atom. The van der Waals surface area contributed by atoms with E-state index in [4.69, 9.17) is 4.74 Å². The molecule has 152 valence electrons. The molecule has 1 fully saturated rings. The molecule has 0 radical (unpaired) electrons. The zero-order valence-corrected chi connectivity index (χ0v) is 17.9. The van der Waals surface area contributed by atoms with Crippen LogP contribution in [0.25, 0.3) is 10.9 Å². The van der Waals surface area contributed by atoms with Crippen LogP contribution in [0.5, 0.6) is 5.75 Å². The minimum atomic E-state index is -3.71. The molecule has 29 heavy (non-hydrogen) atoms. The summed E-state index contributed by atoms with van der Waals surface area (Å²) in [5.41, 5.74) is 2.53. The quantitative estimate of drug-likeness (QED) is 0.628. The average Bonchev–Trinajstić information content (AvgIpc) is 2.72. The Balaban J connectivity index is 1.97. The van der Waals surface area contributed by atoms with E-state index in [0.29, 0.717) is 16.6 Å². The zero-order chi connectivity index (χ0) is 20.6. The maximum absolute atomic E-state index is 13.6. The molecule has 1 aliphatic rings. The lowest BCUT2D eigenvalue weighted by Crippen LogP contribution is -2.35. The third kappa shape index (κ3) is 3.69. The third-order valence-electron chi connectivity index (χ3n) is 5.61. The van der Waals surface area contributed by atoms with E-state index in [2.05, 4.69) is 16.8 Å². The molecular formula is C23H26N2O3S. The van der Waals surface area contributed by atoms with Gasteiger partial charge >= 0.3 is 0 Å². The van der Waals surface area contributed by atoms with Gasteiger partial charge in [0.1, 0.15) is 10.6 Å². The first-order chi connectivity index (χ1) is 13.9. The molecule has 1 aromatic heterocycles. The van der Waals surface area contributed by atoms with E-state index in [-0.39, 0.29) is 4.90 Å². The lowest BCUT2D eigenvalue weighted by atomic mass is 9.99. The molecule has 0 aliphatic carbocycles. The van der Waals surface area contributed by atoms with Crippen LogP contribution in [0, 0.1) is 12.8 Å². The minimum Gasteiger partial charge on any atom is -0.497 e. The number of rotatable bonds is 4. The van der Waals surface area contributed by atoms with E-state index < -0.39 is 9.84 Å². The van der Waals surface area contributed by atoms with Crippen LogP contribution < -0.4 is 9.64 Å².